The van der Waals surface area contributed by atoms with Crippen molar-refractivity contribution < 1.29 is 18.0 Å². The average Bonchev–Trinajstić information content (AvgIpc) is 2.39. The van der Waals surface area contributed by atoms with Gasteiger partial charge in [-0.3, -0.25) is 4.79 Å². The molecule has 16 heavy (non-hydrogen) atoms. The molecule has 1 aromatic carbocycles. The first kappa shape index (κ1) is 10.8. The van der Waals surface area contributed by atoms with Crippen LogP contribution < -0.4 is 5.73 Å². The molecule has 6 heteroatoms. The van der Waals surface area contributed by atoms with Crippen LogP contribution in [0.3, 0.4) is 0 Å². The molecular weight excluding hydrogens is 221 g/mol. The van der Waals surface area contributed by atoms with Crippen molar-refractivity contribution in [2.75, 3.05) is 12.8 Å². The normalized spacial score (nSPS) is 15.5. The van der Waals surface area contributed by atoms with E-state index in [0.717, 1.165) is 6.07 Å². The number of carbonyl (C=O) groups excluding carboxylic acids is 1. The van der Waals surface area contributed by atoms with Gasteiger partial charge in [0, 0.05) is 24.8 Å². The van der Waals surface area contributed by atoms with Gasteiger partial charge >= 0.3 is 6.18 Å². The van der Waals surface area contributed by atoms with Crippen molar-refractivity contribution in [2.24, 2.45) is 0 Å². The first-order valence-corrected chi connectivity index (χ1v) is 4.56. The molecule has 0 radical (unpaired) electrons. The molecule has 0 saturated heterocycles. The third-order valence-corrected chi connectivity index (χ3v) is 2.57. The van der Waals surface area contributed by atoms with Crippen LogP contribution in [-0.2, 0) is 12.7 Å². The molecule has 1 amide bonds. The molecule has 1 heterocycles. The average molecular weight is 230 g/mol. The monoisotopic (exact) mass is 230 g/mol. The van der Waals surface area contributed by atoms with Crippen molar-refractivity contribution in [1.29, 1.82) is 0 Å². The maximum atomic E-state index is 12.5. The Morgan fingerprint density at radius 3 is 2.56 bits per heavy atom. The maximum Gasteiger partial charge on any atom is 0.418 e. The summed E-state index contributed by atoms with van der Waals surface area (Å²) in [5.41, 5.74) is 4.66. The molecule has 1 aliphatic rings. The third kappa shape index (κ3) is 1.50. The van der Waals surface area contributed by atoms with Crippen molar-refractivity contribution in [2.45, 2.75) is 12.7 Å². The molecule has 0 saturated carbocycles. The molecule has 0 bridgehead atoms. The zero-order valence-corrected chi connectivity index (χ0v) is 8.43. The minimum atomic E-state index is -4.53. The Labute approximate surface area is 89.6 Å². The number of nitrogen functional groups attached to an aromatic ring is 1. The molecule has 86 valence electrons. The fourth-order valence-electron chi connectivity index (χ4n) is 1.77. The van der Waals surface area contributed by atoms with Crippen LogP contribution in [0.25, 0.3) is 0 Å². The highest BCUT2D eigenvalue weighted by Crippen LogP contribution is 2.37. The highest BCUT2D eigenvalue weighted by Gasteiger charge is 2.36. The minimum absolute atomic E-state index is 0.0871. The number of fused-ring (bicyclic) bond motifs is 1. The van der Waals surface area contributed by atoms with Crippen LogP contribution >= 0.6 is 0 Å². The van der Waals surface area contributed by atoms with E-state index in [1.807, 2.05) is 0 Å². The Balaban J connectivity index is 2.59. The van der Waals surface area contributed by atoms with E-state index in [-0.39, 0.29) is 11.3 Å². The van der Waals surface area contributed by atoms with E-state index in [2.05, 4.69) is 0 Å². The van der Waals surface area contributed by atoms with Crippen LogP contribution in [0.5, 0.6) is 0 Å². The van der Waals surface area contributed by atoms with E-state index in [4.69, 9.17) is 5.73 Å². The molecule has 1 aromatic rings. The summed E-state index contributed by atoms with van der Waals surface area (Å²) in [6.45, 7) is 0.302. The van der Waals surface area contributed by atoms with Gasteiger partial charge in [-0.1, -0.05) is 0 Å². The summed E-state index contributed by atoms with van der Waals surface area (Å²) in [7, 11) is 1.53. The van der Waals surface area contributed by atoms with Gasteiger partial charge in [0.1, 0.15) is 0 Å². The van der Waals surface area contributed by atoms with Crippen LogP contribution in [-0.4, -0.2) is 17.9 Å². The molecule has 2 rings (SSSR count). The Morgan fingerprint density at radius 2 is 2.00 bits per heavy atom. The van der Waals surface area contributed by atoms with E-state index in [0.29, 0.717) is 12.1 Å². The van der Waals surface area contributed by atoms with E-state index >= 15 is 0 Å². The molecule has 0 aliphatic carbocycles. The van der Waals surface area contributed by atoms with E-state index in [9.17, 15) is 18.0 Å². The zero-order chi connectivity index (χ0) is 12.1. The second kappa shape index (κ2) is 3.13. The smallest absolute Gasteiger partial charge is 0.398 e. The van der Waals surface area contributed by atoms with Gasteiger partial charge < -0.3 is 10.6 Å². The predicted molar refractivity (Wildman–Crippen MR) is 51.7 cm³/mol. The third-order valence-electron chi connectivity index (χ3n) is 2.57. The lowest BCUT2D eigenvalue weighted by Gasteiger charge is -2.10. The van der Waals surface area contributed by atoms with E-state index in [1.165, 1.54) is 18.0 Å². The number of halogens is 3. The Morgan fingerprint density at radius 1 is 1.38 bits per heavy atom. The van der Waals surface area contributed by atoms with Crippen LogP contribution in [0, 0.1) is 0 Å². The molecule has 2 N–H and O–H groups in total. The second-order valence-electron chi connectivity index (χ2n) is 3.76. The fourth-order valence-corrected chi connectivity index (χ4v) is 1.77. The standard InChI is InChI=1S/C10H9F3N2O/c1-15-4-5-2-8(14)7(10(11,12)13)3-6(5)9(15)16/h2-3H,4,14H2,1H3. The van der Waals surface area contributed by atoms with Crippen molar-refractivity contribution in [3.8, 4) is 0 Å². The first-order chi connectivity index (χ1) is 7.30. The van der Waals surface area contributed by atoms with Crippen molar-refractivity contribution >= 4 is 11.6 Å². The molecule has 0 unspecified atom stereocenters. The number of amides is 1. The van der Waals surface area contributed by atoms with Gasteiger partial charge in [-0.05, 0) is 17.7 Å². The van der Waals surface area contributed by atoms with Crippen LogP contribution in [0.2, 0.25) is 0 Å². The quantitative estimate of drug-likeness (QED) is 0.691. The van der Waals surface area contributed by atoms with Crippen molar-refractivity contribution in [1.82, 2.24) is 4.90 Å². The summed E-state index contributed by atoms with van der Waals surface area (Å²) in [5.74, 6) is -0.402. The lowest BCUT2D eigenvalue weighted by Crippen LogP contribution is -2.17. The summed E-state index contributed by atoms with van der Waals surface area (Å²) >= 11 is 0. The number of rotatable bonds is 0. The first-order valence-electron chi connectivity index (χ1n) is 4.56. The minimum Gasteiger partial charge on any atom is -0.398 e. The molecular formula is C10H9F3N2O. The molecule has 3 nitrogen and oxygen atoms in total. The van der Waals surface area contributed by atoms with Crippen LogP contribution in [0.4, 0.5) is 18.9 Å². The topological polar surface area (TPSA) is 46.3 Å². The van der Waals surface area contributed by atoms with Gasteiger partial charge in [0.2, 0.25) is 0 Å². The largest absolute Gasteiger partial charge is 0.418 e. The van der Waals surface area contributed by atoms with Gasteiger partial charge in [0.15, 0.2) is 0 Å². The van der Waals surface area contributed by atoms with Gasteiger partial charge in [0.25, 0.3) is 5.91 Å². The lowest BCUT2D eigenvalue weighted by molar-refractivity contribution is -0.136. The summed E-state index contributed by atoms with van der Waals surface area (Å²) in [6, 6.07) is 2.05. The highest BCUT2D eigenvalue weighted by atomic mass is 19.4. The number of hydrogen-bond donors (Lipinski definition) is 1. The van der Waals surface area contributed by atoms with Gasteiger partial charge in [-0.25, -0.2) is 0 Å². The van der Waals surface area contributed by atoms with E-state index in [1.54, 1.807) is 0 Å². The Kier molecular flexibility index (Phi) is 2.11. The number of carbonyl (C=O) groups is 1. The van der Waals surface area contributed by atoms with Gasteiger partial charge in [-0.15, -0.1) is 0 Å². The molecule has 0 spiro atoms. The van der Waals surface area contributed by atoms with E-state index < -0.39 is 17.6 Å². The summed E-state index contributed by atoms with van der Waals surface area (Å²) < 4.78 is 37.6. The van der Waals surface area contributed by atoms with Crippen molar-refractivity contribution in [3.63, 3.8) is 0 Å². The zero-order valence-electron chi connectivity index (χ0n) is 8.43. The molecule has 0 fully saturated rings. The van der Waals surface area contributed by atoms with Crippen LogP contribution in [0.15, 0.2) is 12.1 Å². The molecule has 0 aromatic heterocycles. The Hall–Kier alpha value is -1.72. The number of nitrogens with two attached hydrogens (primary N) is 1. The SMILES string of the molecule is CN1Cc2cc(N)c(C(F)(F)F)cc2C1=O. The summed E-state index contributed by atoms with van der Waals surface area (Å²) in [6.07, 6.45) is -4.53. The van der Waals surface area contributed by atoms with Crippen LogP contribution in [0.1, 0.15) is 21.5 Å². The number of anilines is 1. The highest BCUT2D eigenvalue weighted by molar-refractivity contribution is 5.99. The van der Waals surface area contributed by atoms with Gasteiger partial charge in [-0.2, -0.15) is 13.2 Å². The Bertz CT molecular complexity index is 468. The molecule has 0 atom stereocenters. The lowest BCUT2D eigenvalue weighted by atomic mass is 10.0. The number of benzene rings is 1. The molecule has 1 aliphatic heterocycles. The fraction of sp³-hybridized carbons (Fsp3) is 0.300. The maximum absolute atomic E-state index is 12.5. The number of nitrogens with zero attached hydrogens (tertiary/aromatic N) is 1. The summed E-state index contributed by atoms with van der Waals surface area (Å²) in [5, 5.41) is 0. The summed E-state index contributed by atoms with van der Waals surface area (Å²) in [4.78, 5) is 12.9. The number of alkyl halides is 3. The second-order valence-corrected chi connectivity index (χ2v) is 3.76. The predicted octanol–water partition coefficient (Wildman–Crippen LogP) is 1.87. The van der Waals surface area contributed by atoms with Crippen molar-refractivity contribution in [3.05, 3.63) is 28.8 Å². The van der Waals surface area contributed by atoms with Gasteiger partial charge in [0.05, 0.1) is 5.56 Å². The number of hydrogen-bond acceptors (Lipinski definition) is 2.